The smallest absolute Gasteiger partial charge is 0.376 e. The molecular formula is C34H56B3F4N9O7Pd. The van der Waals surface area contributed by atoms with E-state index in [1.807, 2.05) is 55.7 Å². The maximum absolute atomic E-state index is 10.7. The third-order valence-corrected chi connectivity index (χ3v) is 9.22. The first-order valence-electron chi connectivity index (χ1n) is 18.3. The molecule has 3 saturated heterocycles. The monoisotopic (exact) mass is 917 g/mol. The summed E-state index contributed by atoms with van der Waals surface area (Å²) < 4.78 is 32.0. The Bertz CT molecular complexity index is 1590. The predicted octanol–water partition coefficient (Wildman–Crippen LogP) is 4.16. The van der Waals surface area contributed by atoms with Crippen molar-refractivity contribution in [1.82, 2.24) is 19.7 Å². The normalized spacial score (nSPS) is 15.2. The van der Waals surface area contributed by atoms with Gasteiger partial charge in [0.1, 0.15) is 0 Å². The summed E-state index contributed by atoms with van der Waals surface area (Å²) in [5, 5.41) is 52.1. The Morgan fingerprint density at radius 2 is 0.983 bits per heavy atom. The molecule has 3 heterocycles. The van der Waals surface area contributed by atoms with Crippen LogP contribution in [-0.2, 0) is 20.4 Å². The zero-order valence-corrected chi connectivity index (χ0v) is 34.7. The molecule has 3 aromatic rings. The molecule has 3 aromatic carbocycles. The molecule has 6 rings (SSSR count). The van der Waals surface area contributed by atoms with Crippen LogP contribution in [-0.4, -0.2) is 139 Å². The van der Waals surface area contributed by atoms with Gasteiger partial charge in [0.2, 0.25) is 0 Å². The van der Waals surface area contributed by atoms with Gasteiger partial charge < -0.3 is 50.4 Å². The van der Waals surface area contributed by atoms with Gasteiger partial charge in [0.05, 0.1) is 9.85 Å². The van der Waals surface area contributed by atoms with Crippen molar-refractivity contribution in [1.29, 1.82) is 0 Å². The first-order valence-corrected chi connectivity index (χ1v) is 18.3. The summed E-state index contributed by atoms with van der Waals surface area (Å²) in [6.07, 6.45) is 0. The Balaban J connectivity index is 0. The van der Waals surface area contributed by atoms with Crippen LogP contribution in [0.25, 0.3) is 0 Å². The molecule has 0 aliphatic carbocycles. The number of nitrogens with two attached hydrogens (primary N) is 1. The quantitative estimate of drug-likeness (QED) is 0.0744. The van der Waals surface area contributed by atoms with Crippen LogP contribution in [0.4, 0.5) is 46.7 Å². The number of anilines is 3. The van der Waals surface area contributed by atoms with Crippen molar-refractivity contribution < 1.29 is 65.1 Å². The largest absolute Gasteiger partial charge is 0.437 e. The molecule has 0 bridgehead atoms. The number of nitrogens with one attached hydrogen (secondary N) is 1. The maximum Gasteiger partial charge on any atom is 0.376 e. The van der Waals surface area contributed by atoms with Crippen molar-refractivity contribution in [3.8, 4) is 0 Å². The number of nitrogens with zero attached hydrogens (tertiary/aromatic N) is 7. The van der Waals surface area contributed by atoms with E-state index < -0.39 is 12.0 Å². The predicted molar refractivity (Wildman–Crippen MR) is 222 cm³/mol. The molecule has 326 valence electrons. The zero-order chi connectivity index (χ0) is 42.9. The van der Waals surface area contributed by atoms with E-state index in [1.165, 1.54) is 17.8 Å². The van der Waals surface area contributed by atoms with Gasteiger partial charge in [-0.05, 0) is 57.2 Å². The minimum Gasteiger partial charge on any atom is -0.437 e. The van der Waals surface area contributed by atoms with Gasteiger partial charge in [0, 0.05) is 160 Å². The maximum atomic E-state index is 10.7. The molecule has 0 amide bonds. The van der Waals surface area contributed by atoms with Crippen LogP contribution >= 0.6 is 0 Å². The van der Waals surface area contributed by atoms with Crippen LogP contribution < -0.4 is 20.9 Å². The fraction of sp³-hybridized carbons (Fsp3) is 0.471. The number of non-ortho nitro benzene ring substituents is 2. The minimum atomic E-state index is -0.433. The number of aryl methyl sites for hydroxylation is 1. The summed E-state index contributed by atoms with van der Waals surface area (Å²) in [6, 6.07) is 21.1. The molecule has 0 radical (unpaired) electrons. The van der Waals surface area contributed by atoms with E-state index in [1.54, 1.807) is 31.1 Å². The van der Waals surface area contributed by atoms with Crippen LogP contribution in [0.1, 0.15) is 6.99 Å². The van der Waals surface area contributed by atoms with E-state index in [4.69, 9.17) is 29.1 Å². The van der Waals surface area contributed by atoms with Crippen molar-refractivity contribution in [2.45, 2.75) is 27.4 Å². The molecule has 0 unspecified atom stereocenters. The average molecular weight is 918 g/mol. The molecule has 3 fully saturated rings. The summed E-state index contributed by atoms with van der Waals surface area (Å²) in [5.74, 6) is 0. The SMILES string of the molecule is CB(O)N1CCN(c2cccc(N)c2)CC1.CB(O)N1CCN(c2cccc([N+](=O)[O-])c2)CC1.CB(O)N1CCNCC1.Cc1cccc([N+](=O)[O-])c1.FF.FF.[HH].[Pd]. The van der Waals surface area contributed by atoms with Crippen LogP contribution in [0, 0.1) is 27.2 Å². The second-order valence-electron chi connectivity index (χ2n) is 13.2. The molecule has 0 aromatic heterocycles. The van der Waals surface area contributed by atoms with E-state index in [9.17, 15) is 30.3 Å². The molecule has 16 nitrogen and oxygen atoms in total. The zero-order valence-electron chi connectivity index (χ0n) is 33.2. The summed E-state index contributed by atoms with van der Waals surface area (Å²) in [6.45, 7) is 17.9. The number of halogens is 4. The molecule has 0 atom stereocenters. The molecule has 6 N–H and O–H groups in total. The Morgan fingerprint density at radius 3 is 1.33 bits per heavy atom. The first kappa shape index (κ1) is 54.2. The Kier molecular flexibility index (Phi) is 28.2. The molecular weight excluding hydrogens is 861 g/mol. The number of hydrogen-bond donors (Lipinski definition) is 5. The summed E-state index contributed by atoms with van der Waals surface area (Å²) in [5.41, 5.74) is 9.79. The number of benzene rings is 3. The molecule has 3 aliphatic rings. The molecule has 0 saturated carbocycles. The van der Waals surface area contributed by atoms with Crippen molar-refractivity contribution in [3.63, 3.8) is 0 Å². The Labute approximate surface area is 353 Å². The number of nitrogen functional groups attached to an aromatic ring is 1. The summed E-state index contributed by atoms with van der Waals surface area (Å²) >= 11 is 0. The van der Waals surface area contributed by atoms with E-state index in [0.29, 0.717) is 0 Å². The minimum absolute atomic E-state index is 0. The fourth-order valence-electron chi connectivity index (χ4n) is 6.03. The second-order valence-corrected chi connectivity index (χ2v) is 13.2. The van der Waals surface area contributed by atoms with Crippen molar-refractivity contribution in [3.05, 3.63) is 98.6 Å². The molecule has 3 aliphatic heterocycles. The third-order valence-electron chi connectivity index (χ3n) is 9.22. The number of rotatable bonds is 7. The van der Waals surface area contributed by atoms with Gasteiger partial charge in [-0.2, -0.15) is 0 Å². The molecule has 0 spiro atoms. The van der Waals surface area contributed by atoms with Gasteiger partial charge in [-0.25, -0.2) is 0 Å². The van der Waals surface area contributed by atoms with Gasteiger partial charge in [0.25, 0.3) is 11.4 Å². The van der Waals surface area contributed by atoms with E-state index in [0.717, 1.165) is 95.5 Å². The Hall–Kier alpha value is -3.84. The van der Waals surface area contributed by atoms with Gasteiger partial charge in [-0.15, -0.1) is 0 Å². The summed E-state index contributed by atoms with van der Waals surface area (Å²) in [7, 11) is -1.05. The van der Waals surface area contributed by atoms with Crippen LogP contribution in [0.3, 0.4) is 0 Å². The summed E-state index contributed by atoms with van der Waals surface area (Å²) in [4.78, 5) is 30.6. The van der Waals surface area contributed by atoms with Crippen molar-refractivity contribution in [2.24, 2.45) is 0 Å². The fourth-order valence-corrected chi connectivity index (χ4v) is 6.03. The third kappa shape index (κ3) is 20.2. The van der Waals surface area contributed by atoms with Crippen molar-refractivity contribution >= 4 is 49.6 Å². The molecule has 58 heavy (non-hydrogen) atoms. The average Bonchev–Trinajstić information content (AvgIpc) is 3.23. The second kappa shape index (κ2) is 30.2. The standard InChI is InChI=1S/C11H16BN3O3.C11H18BN3O.C7H7NO2.C5H13BN2O.2F2.Pd.H2/c1-12(16)14-7-5-13(6-8-14)10-3-2-4-11(9-10)15(17)18;1-12(16)15-7-5-14(6-8-15)11-4-2-3-10(13)9-11;1-6-3-2-4-7(5-6)8(9)10;1-6(9)8-4-2-7-3-5-8;2*1-2;;/h2-4,9,16H,5-8H2,1H3;2-4,9,16H,5-8,13H2,1H3;2-5H,1H3;7,9H,2-5H2,1H3;;;;1H. The van der Waals surface area contributed by atoms with Crippen LogP contribution in [0.15, 0.2) is 72.8 Å². The topological polar surface area (TPSA) is 201 Å². The van der Waals surface area contributed by atoms with Gasteiger partial charge in [-0.3, -0.25) is 20.2 Å². The van der Waals surface area contributed by atoms with Gasteiger partial charge >= 0.3 is 21.2 Å². The number of nitro groups is 2. The number of nitro benzene ring substituents is 2. The molecule has 24 heteroatoms. The van der Waals surface area contributed by atoms with Crippen LogP contribution in [0.2, 0.25) is 20.5 Å². The van der Waals surface area contributed by atoms with Crippen molar-refractivity contribution in [2.75, 3.05) is 94.1 Å². The number of hydrogen-bond acceptors (Lipinski definition) is 14. The first-order chi connectivity index (χ1) is 27.2. The van der Waals surface area contributed by atoms with E-state index in [-0.39, 0.29) is 52.2 Å². The van der Waals surface area contributed by atoms with E-state index in [2.05, 4.69) is 30.8 Å². The Morgan fingerprint density at radius 1 is 0.621 bits per heavy atom. The van der Waals surface area contributed by atoms with Crippen LogP contribution in [0.5, 0.6) is 0 Å². The van der Waals surface area contributed by atoms with Gasteiger partial charge in [0.15, 0.2) is 0 Å². The number of piperazine rings is 3. The van der Waals surface area contributed by atoms with E-state index >= 15 is 0 Å². The van der Waals surface area contributed by atoms with Gasteiger partial charge in [-0.1, -0.05) is 24.3 Å².